The summed E-state index contributed by atoms with van der Waals surface area (Å²) in [5.74, 6) is 0.780. The van der Waals surface area contributed by atoms with Gasteiger partial charge in [0.05, 0.1) is 12.6 Å². The van der Waals surface area contributed by atoms with Gasteiger partial charge in [-0.3, -0.25) is 4.98 Å². The molecule has 2 amide bonds. The first-order valence-electron chi connectivity index (χ1n) is 12.2. The molecule has 39 heavy (non-hydrogen) atoms. The van der Waals surface area contributed by atoms with Gasteiger partial charge in [-0.05, 0) is 48.9 Å². The van der Waals surface area contributed by atoms with Gasteiger partial charge >= 0.3 is 6.03 Å². The van der Waals surface area contributed by atoms with E-state index in [0.717, 1.165) is 11.1 Å². The van der Waals surface area contributed by atoms with Crippen molar-refractivity contribution in [2.45, 2.75) is 13.5 Å². The van der Waals surface area contributed by atoms with Gasteiger partial charge in [0.1, 0.15) is 12.4 Å². The Morgan fingerprint density at radius 2 is 1.56 bits per heavy atom. The number of urea groups is 1. The Kier molecular flexibility index (Phi) is 7.54. The van der Waals surface area contributed by atoms with Crippen LogP contribution in [-0.2, 0) is 6.61 Å². The molecule has 5 rings (SSSR count). The zero-order valence-electron chi connectivity index (χ0n) is 21.4. The predicted octanol–water partition coefficient (Wildman–Crippen LogP) is 7.71. The Bertz CT molecular complexity index is 1610. The Hall–Kier alpha value is -5.11. The number of pyridine rings is 1. The van der Waals surface area contributed by atoms with Gasteiger partial charge in [0, 0.05) is 35.1 Å². The van der Waals surface area contributed by atoms with E-state index >= 15 is 0 Å². The number of aromatic nitrogens is 1. The van der Waals surface area contributed by atoms with E-state index in [-0.39, 0.29) is 11.4 Å². The third-order valence-corrected chi connectivity index (χ3v) is 5.94. The number of anilines is 2. The van der Waals surface area contributed by atoms with Gasteiger partial charge in [-0.15, -0.1) is 0 Å². The first-order chi connectivity index (χ1) is 19.0. The van der Waals surface area contributed by atoms with Crippen molar-refractivity contribution in [3.8, 4) is 23.0 Å². The summed E-state index contributed by atoms with van der Waals surface area (Å²) in [5, 5.41) is 5.96. The summed E-state index contributed by atoms with van der Waals surface area (Å²) in [7, 11) is 1.55. The second kappa shape index (κ2) is 11.5. The molecule has 0 fully saturated rings. The average molecular weight is 524 g/mol. The number of benzene rings is 4. The maximum atomic E-state index is 15.0. The first-order valence-corrected chi connectivity index (χ1v) is 12.2. The van der Waals surface area contributed by atoms with Crippen molar-refractivity contribution < 1.29 is 23.4 Å². The van der Waals surface area contributed by atoms with Crippen molar-refractivity contribution in [1.82, 2.24) is 4.98 Å². The fraction of sp³-hybridized carbons (Fsp3) is 0.0968. The molecule has 0 saturated carbocycles. The molecule has 4 aromatic carbocycles. The Morgan fingerprint density at radius 3 is 2.31 bits per heavy atom. The quantitative estimate of drug-likeness (QED) is 0.218. The fourth-order valence-electron chi connectivity index (χ4n) is 3.94. The van der Waals surface area contributed by atoms with E-state index < -0.39 is 11.8 Å². The van der Waals surface area contributed by atoms with Crippen LogP contribution in [0.3, 0.4) is 0 Å². The van der Waals surface area contributed by atoms with Gasteiger partial charge < -0.3 is 24.8 Å². The second-order valence-electron chi connectivity index (χ2n) is 8.80. The number of halogens is 1. The van der Waals surface area contributed by atoms with Crippen LogP contribution in [0.4, 0.5) is 20.6 Å². The number of hydrogen-bond acceptors (Lipinski definition) is 5. The van der Waals surface area contributed by atoms with Crippen LogP contribution in [0.1, 0.15) is 11.1 Å². The van der Waals surface area contributed by atoms with E-state index in [1.165, 1.54) is 12.1 Å². The zero-order chi connectivity index (χ0) is 27.2. The summed E-state index contributed by atoms with van der Waals surface area (Å²) in [4.78, 5) is 16.7. The molecule has 0 aliphatic rings. The van der Waals surface area contributed by atoms with Crippen LogP contribution in [0.15, 0.2) is 97.2 Å². The van der Waals surface area contributed by atoms with Gasteiger partial charge in [-0.2, -0.15) is 0 Å². The number of carbonyl (C=O) groups is 1. The Balaban J connectivity index is 1.31. The molecule has 0 radical (unpaired) electrons. The molecular weight excluding hydrogens is 497 g/mol. The van der Waals surface area contributed by atoms with Gasteiger partial charge in [-0.1, -0.05) is 48.0 Å². The number of aryl methyl sites for hydroxylation is 1. The molecule has 0 bridgehead atoms. The highest BCUT2D eigenvalue weighted by Gasteiger charge is 2.14. The van der Waals surface area contributed by atoms with Crippen LogP contribution in [0.25, 0.3) is 10.9 Å². The smallest absolute Gasteiger partial charge is 0.323 e. The van der Waals surface area contributed by atoms with E-state index in [1.807, 2.05) is 49.4 Å². The number of ether oxygens (including phenoxy) is 3. The van der Waals surface area contributed by atoms with Crippen molar-refractivity contribution in [2.24, 2.45) is 0 Å². The number of rotatable bonds is 8. The lowest BCUT2D eigenvalue weighted by Crippen LogP contribution is -2.19. The predicted molar refractivity (Wildman–Crippen MR) is 149 cm³/mol. The maximum Gasteiger partial charge on any atom is 0.323 e. The third kappa shape index (κ3) is 6.24. The number of amides is 2. The number of nitrogens with zero attached hydrogens (tertiary/aromatic N) is 1. The highest BCUT2D eigenvalue weighted by atomic mass is 19.1. The molecular formula is C31H26FN3O4. The third-order valence-electron chi connectivity index (χ3n) is 5.94. The first kappa shape index (κ1) is 25.5. The molecule has 0 saturated heterocycles. The molecule has 196 valence electrons. The van der Waals surface area contributed by atoms with Crippen LogP contribution in [0.5, 0.6) is 23.0 Å². The molecule has 8 heteroatoms. The Morgan fingerprint density at radius 1 is 0.821 bits per heavy atom. The molecule has 0 atom stereocenters. The van der Waals surface area contributed by atoms with Crippen molar-refractivity contribution in [1.29, 1.82) is 0 Å². The second-order valence-corrected chi connectivity index (χ2v) is 8.80. The van der Waals surface area contributed by atoms with Gasteiger partial charge in [0.15, 0.2) is 23.1 Å². The maximum absolute atomic E-state index is 15.0. The number of methoxy groups -OCH3 is 1. The lowest BCUT2D eigenvalue weighted by Gasteiger charge is -2.14. The molecule has 0 unspecified atom stereocenters. The number of hydrogen-bond donors (Lipinski definition) is 2. The summed E-state index contributed by atoms with van der Waals surface area (Å²) >= 11 is 0. The topological polar surface area (TPSA) is 81.7 Å². The molecule has 5 aromatic rings. The van der Waals surface area contributed by atoms with Gasteiger partial charge in [-0.25, -0.2) is 9.18 Å². The van der Waals surface area contributed by atoms with E-state index in [0.29, 0.717) is 40.4 Å². The van der Waals surface area contributed by atoms with Crippen LogP contribution >= 0.6 is 0 Å². The van der Waals surface area contributed by atoms with E-state index in [4.69, 9.17) is 14.2 Å². The molecule has 0 spiro atoms. The van der Waals surface area contributed by atoms with Crippen molar-refractivity contribution >= 4 is 28.3 Å². The highest BCUT2D eigenvalue weighted by Crippen LogP contribution is 2.38. The monoisotopic (exact) mass is 523 g/mol. The minimum atomic E-state index is -0.636. The Labute approximate surface area is 225 Å². The van der Waals surface area contributed by atoms with E-state index in [1.54, 1.807) is 49.7 Å². The van der Waals surface area contributed by atoms with Crippen molar-refractivity contribution in [3.63, 3.8) is 0 Å². The van der Waals surface area contributed by atoms with Gasteiger partial charge in [0.2, 0.25) is 0 Å². The van der Waals surface area contributed by atoms with E-state index in [9.17, 15) is 9.18 Å². The number of fused-ring (bicyclic) bond motifs is 1. The van der Waals surface area contributed by atoms with Crippen LogP contribution in [-0.4, -0.2) is 18.1 Å². The zero-order valence-corrected chi connectivity index (χ0v) is 21.4. The van der Waals surface area contributed by atoms with Gasteiger partial charge in [0.25, 0.3) is 0 Å². The normalized spacial score (nSPS) is 10.6. The SMILES string of the molecule is COc1cc2c(Oc3ccc(NC(=O)Nc4ccc(C)cc4)cc3F)ccnc2cc1OCc1ccccc1. The number of nitrogens with one attached hydrogen (secondary N) is 2. The minimum Gasteiger partial charge on any atom is -0.493 e. The highest BCUT2D eigenvalue weighted by molar-refractivity contribution is 5.99. The molecule has 7 nitrogen and oxygen atoms in total. The standard InChI is InChI=1S/C31H26FN3O4/c1-20-8-10-22(11-9-20)34-31(36)35-23-12-13-28(25(32)16-23)39-27-14-15-33-26-18-30(29(37-2)17-24(26)27)38-19-21-6-4-3-5-7-21/h3-18H,19H2,1-2H3,(H2,34,35,36). The average Bonchev–Trinajstić information content (AvgIpc) is 2.94. The lowest BCUT2D eigenvalue weighted by atomic mass is 10.1. The van der Waals surface area contributed by atoms with E-state index in [2.05, 4.69) is 15.6 Å². The summed E-state index contributed by atoms with van der Waals surface area (Å²) in [6.07, 6.45) is 1.58. The minimum absolute atomic E-state index is 0.00429. The van der Waals surface area contributed by atoms with Crippen LogP contribution in [0, 0.1) is 12.7 Å². The molecule has 0 aliphatic heterocycles. The molecule has 1 heterocycles. The summed E-state index contributed by atoms with van der Waals surface area (Å²) < 4.78 is 32.4. The van der Waals surface area contributed by atoms with Crippen molar-refractivity contribution in [3.05, 3.63) is 114 Å². The molecule has 0 aliphatic carbocycles. The summed E-state index contributed by atoms with van der Waals surface area (Å²) in [6, 6.07) is 26.0. The summed E-state index contributed by atoms with van der Waals surface area (Å²) in [5.41, 5.74) is 3.61. The van der Waals surface area contributed by atoms with Crippen LogP contribution < -0.4 is 24.8 Å². The largest absolute Gasteiger partial charge is 0.493 e. The number of carbonyl (C=O) groups excluding carboxylic acids is 1. The lowest BCUT2D eigenvalue weighted by molar-refractivity contribution is 0.262. The van der Waals surface area contributed by atoms with Crippen LogP contribution in [0.2, 0.25) is 0 Å². The summed E-state index contributed by atoms with van der Waals surface area (Å²) in [6.45, 7) is 2.33. The molecule has 2 N–H and O–H groups in total. The van der Waals surface area contributed by atoms with Crippen molar-refractivity contribution in [2.75, 3.05) is 17.7 Å². The fourth-order valence-corrected chi connectivity index (χ4v) is 3.94. The molecule has 1 aromatic heterocycles.